The van der Waals surface area contributed by atoms with Crippen molar-refractivity contribution in [3.05, 3.63) is 59.7 Å². The van der Waals surface area contributed by atoms with Gasteiger partial charge >= 0.3 is 0 Å². The van der Waals surface area contributed by atoms with Crippen molar-refractivity contribution in [1.29, 1.82) is 0 Å². The van der Waals surface area contributed by atoms with Gasteiger partial charge in [-0.05, 0) is 43.3 Å². The first-order valence-corrected chi connectivity index (χ1v) is 9.31. The number of aliphatic hydroxyl groups is 1. The van der Waals surface area contributed by atoms with Gasteiger partial charge < -0.3 is 9.84 Å². The number of nitrogens with zero attached hydrogens (tertiary/aromatic N) is 1. The summed E-state index contributed by atoms with van der Waals surface area (Å²) in [6.45, 7) is 1.93. The molecule has 3 rings (SSSR count). The number of carbonyl (C=O) groups excluding carboxylic acids is 1. The molecule has 0 aromatic heterocycles. The quantitative estimate of drug-likeness (QED) is 0.818. The Morgan fingerprint density at radius 1 is 1.08 bits per heavy atom. The lowest BCUT2D eigenvalue weighted by Crippen LogP contribution is -2.31. The summed E-state index contributed by atoms with van der Waals surface area (Å²) in [5, 5.41) is 10.2. The minimum atomic E-state index is -3.68. The molecule has 1 aliphatic rings. The van der Waals surface area contributed by atoms with E-state index in [9.17, 15) is 18.3 Å². The van der Waals surface area contributed by atoms with Crippen LogP contribution in [0.2, 0.25) is 0 Å². The average molecular weight is 361 g/mol. The molecule has 0 bridgehead atoms. The lowest BCUT2D eigenvalue weighted by atomic mass is 10.2. The van der Waals surface area contributed by atoms with Gasteiger partial charge in [-0.1, -0.05) is 17.7 Å². The number of ether oxygens (including phenoxy) is 1. The highest BCUT2D eigenvalue weighted by atomic mass is 32.2. The highest BCUT2D eigenvalue weighted by Crippen LogP contribution is 2.25. The number of aryl methyl sites for hydroxylation is 1. The fourth-order valence-corrected chi connectivity index (χ4v) is 4.16. The first-order valence-electron chi connectivity index (χ1n) is 7.87. The number of β-amino-alcohol motifs (C(OH)–C–C–N with tert-alkyl or cyclic N) is 1. The molecule has 2 aromatic rings. The maximum absolute atomic E-state index is 12.7. The number of carbonyl (C=O) groups is 1. The van der Waals surface area contributed by atoms with Crippen molar-refractivity contribution < 1.29 is 23.1 Å². The Labute approximate surface area is 146 Å². The molecule has 2 atom stereocenters. The molecule has 1 heterocycles. The summed E-state index contributed by atoms with van der Waals surface area (Å²) in [6, 6.07) is 13.0. The molecule has 1 N–H and O–H groups in total. The molecule has 25 heavy (non-hydrogen) atoms. The summed E-state index contributed by atoms with van der Waals surface area (Å²) < 4.78 is 32.3. The third kappa shape index (κ3) is 3.73. The van der Waals surface area contributed by atoms with Crippen molar-refractivity contribution in [3.63, 3.8) is 0 Å². The van der Waals surface area contributed by atoms with E-state index in [1.807, 2.05) is 6.92 Å². The van der Waals surface area contributed by atoms with Crippen molar-refractivity contribution in [2.45, 2.75) is 24.0 Å². The first kappa shape index (κ1) is 17.6. The van der Waals surface area contributed by atoms with Gasteiger partial charge in [0.2, 0.25) is 10.0 Å². The van der Waals surface area contributed by atoms with Crippen LogP contribution in [0.15, 0.2) is 53.4 Å². The van der Waals surface area contributed by atoms with Crippen LogP contribution in [0, 0.1) is 6.92 Å². The van der Waals surface area contributed by atoms with Gasteiger partial charge in [0.05, 0.1) is 11.4 Å². The predicted molar refractivity (Wildman–Crippen MR) is 92.2 cm³/mol. The summed E-state index contributed by atoms with van der Waals surface area (Å²) >= 11 is 0. The fraction of sp³-hybridized carbons (Fsp3) is 0.278. The van der Waals surface area contributed by atoms with E-state index in [0.29, 0.717) is 11.3 Å². The molecule has 0 amide bonds. The Morgan fingerprint density at radius 3 is 2.32 bits per heavy atom. The van der Waals surface area contributed by atoms with Gasteiger partial charge in [-0.15, -0.1) is 0 Å². The predicted octanol–water partition coefficient (Wildman–Crippen LogP) is 1.62. The summed E-state index contributed by atoms with van der Waals surface area (Å²) in [6.07, 6.45) is -0.863. The summed E-state index contributed by atoms with van der Waals surface area (Å²) in [7, 11) is -3.68. The second-order valence-corrected chi connectivity index (χ2v) is 7.98. The summed E-state index contributed by atoms with van der Waals surface area (Å²) in [4.78, 5) is 10.9. The molecule has 132 valence electrons. The standard InChI is InChI=1S/C18H19NO5S/c1-13-2-8-16(9-3-13)25(22,23)19-10-17(21)18(11-19)24-15-6-4-14(12-20)5-7-15/h2-9,12,17-18,21H,10-11H2,1H3. The normalized spacial score (nSPS) is 21.2. The summed E-state index contributed by atoms with van der Waals surface area (Å²) in [5.74, 6) is 0.476. The molecule has 0 radical (unpaired) electrons. The molecule has 0 spiro atoms. The number of hydrogen-bond donors (Lipinski definition) is 1. The first-order chi connectivity index (χ1) is 11.9. The van der Waals surface area contributed by atoms with Crippen molar-refractivity contribution in [1.82, 2.24) is 4.31 Å². The number of rotatable bonds is 5. The van der Waals surface area contributed by atoms with E-state index in [2.05, 4.69) is 0 Å². The van der Waals surface area contributed by atoms with E-state index in [1.54, 1.807) is 48.5 Å². The zero-order valence-electron chi connectivity index (χ0n) is 13.7. The highest BCUT2D eigenvalue weighted by Gasteiger charge is 2.39. The molecule has 0 saturated carbocycles. The minimum Gasteiger partial charge on any atom is -0.486 e. The monoisotopic (exact) mass is 361 g/mol. The lowest BCUT2D eigenvalue weighted by Gasteiger charge is -2.17. The zero-order valence-corrected chi connectivity index (χ0v) is 14.5. The van der Waals surface area contributed by atoms with Crippen LogP contribution in [0.3, 0.4) is 0 Å². The van der Waals surface area contributed by atoms with Crippen LogP contribution in [-0.4, -0.2) is 49.4 Å². The Bertz CT molecular complexity index is 846. The Kier molecular flexibility index (Phi) is 4.89. The third-order valence-corrected chi connectivity index (χ3v) is 6.01. The Morgan fingerprint density at radius 2 is 1.72 bits per heavy atom. The minimum absolute atomic E-state index is 0.0205. The van der Waals surface area contributed by atoms with Crippen molar-refractivity contribution in [3.8, 4) is 5.75 Å². The van der Waals surface area contributed by atoms with Crippen LogP contribution in [0.1, 0.15) is 15.9 Å². The number of hydrogen-bond acceptors (Lipinski definition) is 5. The van der Waals surface area contributed by atoms with Crippen molar-refractivity contribution >= 4 is 16.3 Å². The van der Waals surface area contributed by atoms with Gasteiger partial charge in [-0.2, -0.15) is 4.31 Å². The van der Waals surface area contributed by atoms with Crippen LogP contribution in [0.25, 0.3) is 0 Å². The van der Waals surface area contributed by atoms with E-state index in [1.165, 1.54) is 4.31 Å². The Balaban J connectivity index is 1.73. The fourth-order valence-electron chi connectivity index (χ4n) is 2.69. The second kappa shape index (κ2) is 6.95. The van der Waals surface area contributed by atoms with E-state index in [-0.39, 0.29) is 18.0 Å². The molecular formula is C18H19NO5S. The van der Waals surface area contributed by atoms with Gasteiger partial charge in [0.25, 0.3) is 0 Å². The molecule has 6 nitrogen and oxygen atoms in total. The molecule has 2 unspecified atom stereocenters. The average Bonchev–Trinajstić information content (AvgIpc) is 2.97. The molecule has 2 aromatic carbocycles. The van der Waals surface area contributed by atoms with E-state index in [4.69, 9.17) is 4.74 Å². The lowest BCUT2D eigenvalue weighted by molar-refractivity contribution is 0.0737. The highest BCUT2D eigenvalue weighted by molar-refractivity contribution is 7.89. The largest absolute Gasteiger partial charge is 0.486 e. The molecule has 0 aliphatic carbocycles. The number of aldehydes is 1. The maximum Gasteiger partial charge on any atom is 0.243 e. The molecule has 1 saturated heterocycles. The number of aliphatic hydroxyl groups excluding tert-OH is 1. The van der Waals surface area contributed by atoms with Gasteiger partial charge in [0.15, 0.2) is 0 Å². The SMILES string of the molecule is Cc1ccc(S(=O)(=O)N2CC(O)C(Oc3ccc(C=O)cc3)C2)cc1. The van der Waals surface area contributed by atoms with Crippen LogP contribution in [-0.2, 0) is 10.0 Å². The molecule has 1 fully saturated rings. The van der Waals surface area contributed by atoms with E-state index >= 15 is 0 Å². The molecule has 1 aliphatic heterocycles. The summed E-state index contributed by atoms with van der Waals surface area (Å²) in [5.41, 5.74) is 1.49. The van der Waals surface area contributed by atoms with Crippen LogP contribution in [0.5, 0.6) is 5.75 Å². The topological polar surface area (TPSA) is 83.9 Å². The van der Waals surface area contributed by atoms with E-state index < -0.39 is 22.2 Å². The molecule has 7 heteroatoms. The van der Waals surface area contributed by atoms with Gasteiger partial charge in [-0.3, -0.25) is 4.79 Å². The van der Waals surface area contributed by atoms with Crippen LogP contribution < -0.4 is 4.74 Å². The van der Waals surface area contributed by atoms with Gasteiger partial charge in [0, 0.05) is 12.1 Å². The molecular weight excluding hydrogens is 342 g/mol. The second-order valence-electron chi connectivity index (χ2n) is 6.05. The zero-order chi connectivity index (χ0) is 18.0. The van der Waals surface area contributed by atoms with Crippen LogP contribution >= 0.6 is 0 Å². The van der Waals surface area contributed by atoms with Crippen LogP contribution in [0.4, 0.5) is 0 Å². The van der Waals surface area contributed by atoms with Crippen molar-refractivity contribution in [2.24, 2.45) is 0 Å². The van der Waals surface area contributed by atoms with E-state index in [0.717, 1.165) is 11.8 Å². The smallest absolute Gasteiger partial charge is 0.243 e. The Hall–Kier alpha value is -2.22. The maximum atomic E-state index is 12.7. The third-order valence-electron chi connectivity index (χ3n) is 4.17. The van der Waals surface area contributed by atoms with Gasteiger partial charge in [-0.25, -0.2) is 8.42 Å². The van der Waals surface area contributed by atoms with Gasteiger partial charge in [0.1, 0.15) is 24.2 Å². The van der Waals surface area contributed by atoms with Crippen molar-refractivity contribution in [2.75, 3.05) is 13.1 Å². The number of sulfonamides is 1. The number of benzene rings is 2.